The van der Waals surface area contributed by atoms with Gasteiger partial charge in [0.25, 0.3) is 6.43 Å². The van der Waals surface area contributed by atoms with Crippen LogP contribution in [0.4, 0.5) is 14.5 Å². The molecule has 0 fully saturated rings. The molecule has 0 saturated carbocycles. The number of nitrogens with one attached hydrogen (secondary N) is 1. The van der Waals surface area contributed by atoms with Crippen molar-refractivity contribution in [3.63, 3.8) is 0 Å². The number of thiophene rings is 1. The summed E-state index contributed by atoms with van der Waals surface area (Å²) in [5.74, 6) is -0.948. The van der Waals surface area contributed by atoms with Gasteiger partial charge in [-0.25, -0.2) is 13.6 Å². The second-order valence-corrected chi connectivity index (χ2v) is 7.50. The van der Waals surface area contributed by atoms with Gasteiger partial charge in [-0.1, -0.05) is 11.6 Å². The maximum atomic E-state index is 12.8. The maximum absolute atomic E-state index is 12.8. The van der Waals surface area contributed by atoms with E-state index in [1.807, 2.05) is 0 Å². The molecular formula is C18H16ClF2N3O3S. The predicted octanol–water partition coefficient (Wildman–Crippen LogP) is 4.98. The Morgan fingerprint density at radius 1 is 1.32 bits per heavy atom. The minimum Gasteiger partial charge on any atom is -0.465 e. The van der Waals surface area contributed by atoms with E-state index < -0.39 is 24.3 Å². The van der Waals surface area contributed by atoms with Gasteiger partial charge in [0.1, 0.15) is 16.6 Å². The van der Waals surface area contributed by atoms with E-state index in [2.05, 4.69) is 10.4 Å². The van der Waals surface area contributed by atoms with Crippen LogP contribution in [0.1, 0.15) is 40.5 Å². The lowest BCUT2D eigenvalue weighted by molar-refractivity contribution is -0.119. The number of ether oxygens (including phenoxy) is 1. The average Bonchev–Trinajstić information content (AvgIpc) is 3.21. The number of hydrogen-bond acceptors (Lipinski definition) is 5. The second-order valence-electron chi connectivity index (χ2n) is 6.07. The standard InChI is InChI=1S/C18H16ClF2N3O3S/c1-8-6-12(16(20)21)23-24(8)9(2)17(25)22-10-4-5-11-13(7-10)28-15(14(11)19)18(26)27-3/h4-7,9,16H,1-3H3,(H,22,25). The molecule has 3 aromatic rings. The van der Waals surface area contributed by atoms with Gasteiger partial charge in [0.2, 0.25) is 5.91 Å². The number of rotatable bonds is 5. The summed E-state index contributed by atoms with van der Waals surface area (Å²) in [6.07, 6.45) is -2.70. The number of halogens is 3. The Morgan fingerprint density at radius 3 is 2.64 bits per heavy atom. The summed E-state index contributed by atoms with van der Waals surface area (Å²) in [5, 5.41) is 7.50. The number of anilines is 1. The number of fused-ring (bicyclic) bond motifs is 1. The highest BCUT2D eigenvalue weighted by Gasteiger charge is 2.22. The quantitative estimate of drug-likeness (QED) is 0.582. The number of benzene rings is 1. The summed E-state index contributed by atoms with van der Waals surface area (Å²) in [5.41, 5.74) is 0.570. The highest BCUT2D eigenvalue weighted by Crippen LogP contribution is 2.37. The van der Waals surface area contributed by atoms with Crippen LogP contribution in [0.3, 0.4) is 0 Å². The van der Waals surface area contributed by atoms with E-state index in [0.29, 0.717) is 26.5 Å². The number of carbonyl (C=O) groups is 2. The van der Waals surface area contributed by atoms with E-state index in [1.165, 1.54) is 17.9 Å². The van der Waals surface area contributed by atoms with Gasteiger partial charge in [0, 0.05) is 21.5 Å². The van der Waals surface area contributed by atoms with Gasteiger partial charge < -0.3 is 10.1 Å². The van der Waals surface area contributed by atoms with Crippen LogP contribution in [0.2, 0.25) is 5.02 Å². The van der Waals surface area contributed by atoms with Crippen LogP contribution in [-0.2, 0) is 9.53 Å². The zero-order chi connectivity index (χ0) is 20.6. The molecule has 0 aliphatic rings. The molecule has 2 aromatic heterocycles. The van der Waals surface area contributed by atoms with E-state index in [4.69, 9.17) is 16.3 Å². The molecule has 6 nitrogen and oxygen atoms in total. The number of hydrogen-bond donors (Lipinski definition) is 1. The van der Waals surface area contributed by atoms with Gasteiger partial charge in [-0.2, -0.15) is 5.10 Å². The van der Waals surface area contributed by atoms with Crippen molar-refractivity contribution in [2.24, 2.45) is 0 Å². The van der Waals surface area contributed by atoms with Crippen molar-refractivity contribution < 1.29 is 23.1 Å². The largest absolute Gasteiger partial charge is 0.465 e. The Kier molecular flexibility index (Phi) is 5.66. The Hall–Kier alpha value is -2.52. The Morgan fingerprint density at radius 2 is 2.04 bits per heavy atom. The number of nitrogens with zero attached hydrogens (tertiary/aromatic N) is 2. The third-order valence-electron chi connectivity index (χ3n) is 4.18. The molecule has 1 aromatic carbocycles. The molecule has 0 aliphatic carbocycles. The molecule has 0 aliphatic heterocycles. The molecule has 1 amide bonds. The highest BCUT2D eigenvalue weighted by atomic mass is 35.5. The van der Waals surface area contributed by atoms with Crippen LogP contribution in [0.5, 0.6) is 0 Å². The summed E-state index contributed by atoms with van der Waals surface area (Å²) in [6, 6.07) is 5.48. The first-order valence-electron chi connectivity index (χ1n) is 8.18. The van der Waals surface area contributed by atoms with Crippen LogP contribution in [-0.4, -0.2) is 28.8 Å². The van der Waals surface area contributed by atoms with Crippen LogP contribution >= 0.6 is 22.9 Å². The molecule has 1 atom stereocenters. The molecule has 1 N–H and O–H groups in total. The summed E-state index contributed by atoms with van der Waals surface area (Å²) >= 11 is 7.37. The lowest BCUT2D eigenvalue weighted by Crippen LogP contribution is -2.25. The summed E-state index contributed by atoms with van der Waals surface area (Å²) in [7, 11) is 1.27. The number of aryl methyl sites for hydroxylation is 1. The normalized spacial score (nSPS) is 12.4. The third kappa shape index (κ3) is 3.72. The fourth-order valence-electron chi connectivity index (χ4n) is 2.74. The zero-order valence-corrected chi connectivity index (χ0v) is 16.7. The van der Waals surface area contributed by atoms with Gasteiger partial charge in [-0.3, -0.25) is 9.48 Å². The van der Waals surface area contributed by atoms with Crippen LogP contribution in [0.15, 0.2) is 24.3 Å². The number of methoxy groups -OCH3 is 1. The topological polar surface area (TPSA) is 73.2 Å². The van der Waals surface area contributed by atoms with E-state index in [9.17, 15) is 18.4 Å². The van der Waals surface area contributed by atoms with E-state index in [1.54, 1.807) is 32.0 Å². The van der Waals surface area contributed by atoms with E-state index in [0.717, 1.165) is 11.3 Å². The molecule has 28 heavy (non-hydrogen) atoms. The van der Waals surface area contributed by atoms with Crippen molar-refractivity contribution in [2.75, 3.05) is 12.4 Å². The van der Waals surface area contributed by atoms with Crippen molar-refractivity contribution >= 4 is 50.6 Å². The summed E-state index contributed by atoms with van der Waals surface area (Å²) in [4.78, 5) is 24.6. The highest BCUT2D eigenvalue weighted by molar-refractivity contribution is 7.21. The van der Waals surface area contributed by atoms with E-state index >= 15 is 0 Å². The number of carbonyl (C=O) groups excluding carboxylic acids is 2. The molecule has 0 radical (unpaired) electrons. The second kappa shape index (κ2) is 7.84. The monoisotopic (exact) mass is 427 g/mol. The molecule has 148 valence electrons. The first-order chi connectivity index (χ1) is 13.2. The third-order valence-corrected chi connectivity index (χ3v) is 5.82. The first kappa shape index (κ1) is 20.2. The predicted molar refractivity (Wildman–Crippen MR) is 103 cm³/mol. The molecule has 2 heterocycles. The Bertz CT molecular complexity index is 1060. The maximum Gasteiger partial charge on any atom is 0.349 e. The number of alkyl halides is 2. The van der Waals surface area contributed by atoms with E-state index in [-0.39, 0.29) is 10.6 Å². The van der Waals surface area contributed by atoms with Crippen molar-refractivity contribution in [3.05, 3.63) is 45.6 Å². The molecule has 10 heteroatoms. The van der Waals surface area contributed by atoms with Crippen LogP contribution in [0, 0.1) is 6.92 Å². The summed E-state index contributed by atoms with van der Waals surface area (Å²) < 4.78 is 32.3. The SMILES string of the molecule is COC(=O)c1sc2cc(NC(=O)C(C)n3nc(C(F)F)cc3C)ccc2c1Cl. The van der Waals surface area contributed by atoms with Crippen molar-refractivity contribution in [1.82, 2.24) is 9.78 Å². The number of aromatic nitrogens is 2. The Balaban J connectivity index is 1.83. The number of amides is 1. The molecule has 0 saturated heterocycles. The van der Waals surface area contributed by atoms with Gasteiger partial charge in [0.05, 0.1) is 12.1 Å². The van der Waals surface area contributed by atoms with Gasteiger partial charge >= 0.3 is 5.97 Å². The van der Waals surface area contributed by atoms with Crippen molar-refractivity contribution in [1.29, 1.82) is 0 Å². The fourth-order valence-corrected chi connectivity index (χ4v) is 4.20. The first-order valence-corrected chi connectivity index (χ1v) is 9.37. The fraction of sp³-hybridized carbons (Fsp3) is 0.278. The lowest BCUT2D eigenvalue weighted by Gasteiger charge is -2.14. The zero-order valence-electron chi connectivity index (χ0n) is 15.1. The molecule has 0 bridgehead atoms. The number of esters is 1. The van der Waals surface area contributed by atoms with Crippen LogP contribution in [0.25, 0.3) is 10.1 Å². The Labute approximate surface area is 168 Å². The van der Waals surface area contributed by atoms with Gasteiger partial charge in [0.15, 0.2) is 0 Å². The van der Waals surface area contributed by atoms with Gasteiger partial charge in [-0.05, 0) is 38.1 Å². The van der Waals surface area contributed by atoms with Gasteiger partial charge in [-0.15, -0.1) is 11.3 Å². The minimum atomic E-state index is -2.70. The smallest absolute Gasteiger partial charge is 0.349 e. The molecular weight excluding hydrogens is 412 g/mol. The average molecular weight is 428 g/mol. The summed E-state index contributed by atoms with van der Waals surface area (Å²) in [6.45, 7) is 3.18. The molecule has 0 spiro atoms. The van der Waals surface area contributed by atoms with Crippen molar-refractivity contribution in [2.45, 2.75) is 26.3 Å². The van der Waals surface area contributed by atoms with Crippen LogP contribution < -0.4 is 5.32 Å². The molecule has 3 rings (SSSR count). The minimum absolute atomic E-state index is 0.280. The lowest BCUT2D eigenvalue weighted by atomic mass is 10.2. The molecule has 1 unspecified atom stereocenters. The van der Waals surface area contributed by atoms with Crippen molar-refractivity contribution in [3.8, 4) is 0 Å².